The first kappa shape index (κ1) is 16.0. The Balaban J connectivity index is 1.70. The van der Waals surface area contributed by atoms with Gasteiger partial charge in [-0.25, -0.2) is 0 Å². The van der Waals surface area contributed by atoms with Crippen LogP contribution in [0.4, 0.5) is 5.82 Å². The molecule has 1 aliphatic heterocycles. The fraction of sp³-hybridized carbons (Fsp3) is 0.167. The number of nitrogens with one attached hydrogen (secondary N) is 1. The van der Waals surface area contributed by atoms with Gasteiger partial charge >= 0.3 is 0 Å². The molecular weight excluding hydrogens is 366 g/mol. The molecule has 5 rings (SSSR count). The fourth-order valence-corrected chi connectivity index (χ4v) is 3.84. The van der Waals surface area contributed by atoms with E-state index in [4.69, 9.17) is 11.6 Å². The molecule has 1 aliphatic rings. The summed E-state index contributed by atoms with van der Waals surface area (Å²) in [6, 6.07) is 11.2. The molecule has 8 nitrogen and oxygen atoms in total. The van der Waals surface area contributed by atoms with Gasteiger partial charge in [-0.3, -0.25) is 4.79 Å². The van der Waals surface area contributed by atoms with Crippen molar-refractivity contribution in [1.29, 1.82) is 0 Å². The molecule has 3 aromatic heterocycles. The van der Waals surface area contributed by atoms with Crippen molar-refractivity contribution in [3.05, 3.63) is 64.6 Å². The Morgan fingerprint density at radius 1 is 1.19 bits per heavy atom. The van der Waals surface area contributed by atoms with E-state index in [0.717, 1.165) is 16.8 Å². The smallest absolute Gasteiger partial charge is 0.226 e. The molecule has 0 saturated carbocycles. The maximum Gasteiger partial charge on any atom is 0.226 e. The topological polar surface area (TPSA) is 90.0 Å². The van der Waals surface area contributed by atoms with E-state index < -0.39 is 0 Å². The first-order valence-electron chi connectivity index (χ1n) is 8.43. The summed E-state index contributed by atoms with van der Waals surface area (Å²) in [5, 5.41) is 20.5. The first-order valence-corrected chi connectivity index (χ1v) is 8.81. The van der Waals surface area contributed by atoms with E-state index in [1.807, 2.05) is 31.2 Å². The molecule has 1 amide bonds. The van der Waals surface area contributed by atoms with Gasteiger partial charge < -0.3 is 5.32 Å². The zero-order valence-electron chi connectivity index (χ0n) is 14.3. The Morgan fingerprint density at radius 2 is 2.04 bits per heavy atom. The Bertz CT molecular complexity index is 1200. The second-order valence-corrected chi connectivity index (χ2v) is 6.82. The number of fused-ring (bicyclic) bond motifs is 2. The van der Waals surface area contributed by atoms with Crippen molar-refractivity contribution in [2.45, 2.75) is 19.3 Å². The van der Waals surface area contributed by atoms with Gasteiger partial charge in [-0.15, -0.1) is 15.3 Å². The predicted octanol–water partition coefficient (Wildman–Crippen LogP) is 2.75. The molecule has 4 aromatic rings. The Morgan fingerprint density at radius 3 is 2.89 bits per heavy atom. The van der Waals surface area contributed by atoms with Crippen LogP contribution in [0.15, 0.2) is 42.7 Å². The quantitative estimate of drug-likeness (QED) is 0.578. The van der Waals surface area contributed by atoms with Crippen molar-refractivity contribution in [1.82, 2.24) is 29.6 Å². The van der Waals surface area contributed by atoms with Crippen molar-refractivity contribution in [2.24, 2.45) is 0 Å². The van der Waals surface area contributed by atoms with E-state index in [1.165, 1.54) is 6.33 Å². The molecule has 1 atom stereocenters. The molecule has 27 heavy (non-hydrogen) atoms. The Labute approximate surface area is 158 Å². The molecule has 0 radical (unpaired) electrons. The molecule has 9 heteroatoms. The molecular formula is C18H14ClN7O. The van der Waals surface area contributed by atoms with E-state index in [9.17, 15) is 4.79 Å². The molecule has 1 N–H and O–H groups in total. The van der Waals surface area contributed by atoms with E-state index in [2.05, 4.69) is 25.7 Å². The van der Waals surface area contributed by atoms with Crippen LogP contribution >= 0.6 is 11.6 Å². The number of benzene rings is 1. The molecule has 0 saturated heterocycles. The standard InChI is InChI=1S/C18H14ClN7O/c1-10-17-12(11-4-2-3-5-13(11)19)8-16(27)21-18(17)26(23-10)15-7-6-14-22-20-9-25(14)24-15/h2-7,9,12H,8H2,1H3,(H,21,27). The fourth-order valence-electron chi connectivity index (χ4n) is 3.57. The third kappa shape index (κ3) is 2.48. The van der Waals surface area contributed by atoms with Crippen molar-refractivity contribution in [3.8, 4) is 5.82 Å². The average Bonchev–Trinajstić information content (AvgIpc) is 3.25. The van der Waals surface area contributed by atoms with Gasteiger partial charge in [0.2, 0.25) is 5.91 Å². The van der Waals surface area contributed by atoms with Gasteiger partial charge in [0.05, 0.1) is 5.69 Å². The van der Waals surface area contributed by atoms with Crippen LogP contribution in [0.3, 0.4) is 0 Å². The van der Waals surface area contributed by atoms with Crippen LogP contribution in [0.2, 0.25) is 5.02 Å². The van der Waals surface area contributed by atoms with Gasteiger partial charge in [-0.1, -0.05) is 29.8 Å². The first-order chi connectivity index (χ1) is 13.1. The lowest BCUT2D eigenvalue weighted by Gasteiger charge is -2.25. The summed E-state index contributed by atoms with van der Waals surface area (Å²) in [7, 11) is 0. The van der Waals surface area contributed by atoms with Crippen LogP contribution in [0.1, 0.15) is 29.2 Å². The summed E-state index contributed by atoms with van der Waals surface area (Å²) in [6.07, 6.45) is 1.84. The number of aryl methyl sites for hydroxylation is 1. The highest BCUT2D eigenvalue weighted by Gasteiger charge is 2.33. The third-order valence-corrected chi connectivity index (χ3v) is 5.09. The lowest BCUT2D eigenvalue weighted by molar-refractivity contribution is -0.116. The minimum Gasteiger partial charge on any atom is -0.310 e. The maximum atomic E-state index is 12.4. The Kier molecular flexibility index (Phi) is 3.48. The van der Waals surface area contributed by atoms with E-state index in [1.54, 1.807) is 21.3 Å². The molecule has 134 valence electrons. The molecule has 4 heterocycles. The molecule has 0 bridgehead atoms. The monoisotopic (exact) mass is 379 g/mol. The van der Waals surface area contributed by atoms with Crippen molar-refractivity contribution in [2.75, 3.05) is 5.32 Å². The number of hydrogen-bond donors (Lipinski definition) is 1. The zero-order chi connectivity index (χ0) is 18.5. The number of nitrogens with zero attached hydrogens (tertiary/aromatic N) is 6. The number of rotatable bonds is 2. The maximum absolute atomic E-state index is 12.4. The number of hydrogen-bond acceptors (Lipinski definition) is 5. The highest BCUT2D eigenvalue weighted by molar-refractivity contribution is 6.31. The molecule has 1 unspecified atom stereocenters. The number of carbonyl (C=O) groups excluding carboxylic acids is 1. The van der Waals surface area contributed by atoms with Crippen LogP contribution < -0.4 is 5.32 Å². The van der Waals surface area contributed by atoms with Crippen LogP contribution in [-0.2, 0) is 4.79 Å². The van der Waals surface area contributed by atoms with Crippen molar-refractivity contribution in [3.63, 3.8) is 0 Å². The van der Waals surface area contributed by atoms with Gasteiger partial charge in [-0.05, 0) is 30.7 Å². The van der Waals surface area contributed by atoms with E-state index in [0.29, 0.717) is 28.7 Å². The summed E-state index contributed by atoms with van der Waals surface area (Å²) in [4.78, 5) is 12.4. The minimum absolute atomic E-state index is 0.0843. The van der Waals surface area contributed by atoms with E-state index in [-0.39, 0.29) is 11.8 Å². The lowest BCUT2D eigenvalue weighted by Crippen LogP contribution is -2.25. The van der Waals surface area contributed by atoms with Gasteiger partial charge in [0.15, 0.2) is 11.5 Å². The third-order valence-electron chi connectivity index (χ3n) is 4.75. The van der Waals surface area contributed by atoms with Gasteiger partial charge in [-0.2, -0.15) is 14.3 Å². The van der Waals surface area contributed by atoms with Gasteiger partial charge in [0.25, 0.3) is 0 Å². The highest BCUT2D eigenvalue weighted by Crippen LogP contribution is 2.42. The average molecular weight is 380 g/mol. The number of carbonyl (C=O) groups is 1. The predicted molar refractivity (Wildman–Crippen MR) is 99.2 cm³/mol. The molecule has 0 aliphatic carbocycles. The summed E-state index contributed by atoms with van der Waals surface area (Å²) >= 11 is 6.41. The molecule has 1 aromatic carbocycles. The van der Waals surface area contributed by atoms with Crippen molar-refractivity contribution < 1.29 is 4.79 Å². The minimum atomic E-state index is -0.158. The van der Waals surface area contributed by atoms with Gasteiger partial charge in [0.1, 0.15) is 12.1 Å². The summed E-state index contributed by atoms with van der Waals surface area (Å²) < 4.78 is 3.21. The molecule has 0 fully saturated rings. The normalized spacial score (nSPS) is 16.4. The number of amides is 1. The van der Waals surface area contributed by atoms with Gasteiger partial charge in [0, 0.05) is 22.9 Å². The number of halogens is 1. The summed E-state index contributed by atoms with van der Waals surface area (Å²) in [6.45, 7) is 1.92. The van der Waals surface area contributed by atoms with Crippen LogP contribution in [0, 0.1) is 6.92 Å². The largest absolute Gasteiger partial charge is 0.310 e. The molecule has 0 spiro atoms. The summed E-state index contributed by atoms with van der Waals surface area (Å²) in [5.74, 6) is 0.939. The second-order valence-electron chi connectivity index (χ2n) is 6.41. The number of aromatic nitrogens is 6. The number of anilines is 1. The van der Waals surface area contributed by atoms with Crippen LogP contribution in [-0.4, -0.2) is 35.5 Å². The Hall–Kier alpha value is -3.26. The highest BCUT2D eigenvalue weighted by atomic mass is 35.5. The SMILES string of the molecule is Cc1nn(-c2ccc3nncn3n2)c2c1C(c1ccccc1Cl)CC(=O)N2. The van der Waals surface area contributed by atoms with Crippen LogP contribution in [0.5, 0.6) is 0 Å². The summed E-state index contributed by atoms with van der Waals surface area (Å²) in [5.41, 5.74) is 3.32. The van der Waals surface area contributed by atoms with E-state index >= 15 is 0 Å². The van der Waals surface area contributed by atoms with Crippen LogP contribution in [0.25, 0.3) is 11.5 Å². The lowest BCUT2D eigenvalue weighted by atomic mass is 9.86. The van der Waals surface area contributed by atoms with Crippen molar-refractivity contribution >= 4 is 29.0 Å². The zero-order valence-corrected chi connectivity index (χ0v) is 15.1. The second kappa shape index (κ2) is 5.88.